The molecule has 1 heterocycles. The van der Waals surface area contributed by atoms with E-state index in [1.165, 1.54) is 18.9 Å². The Bertz CT molecular complexity index is 954. The van der Waals surface area contributed by atoms with Crippen LogP contribution in [-0.4, -0.2) is 53.8 Å². The number of carbonyl (C=O) groups excluding carboxylic acids is 2. The van der Waals surface area contributed by atoms with Gasteiger partial charge in [0.05, 0.1) is 27.4 Å². The molecule has 7 nitrogen and oxygen atoms in total. The minimum absolute atomic E-state index is 0.0573. The summed E-state index contributed by atoms with van der Waals surface area (Å²) in [6.45, 7) is 5.15. The Hall–Kier alpha value is -3.16. The van der Waals surface area contributed by atoms with Gasteiger partial charge in [-0.15, -0.1) is 0 Å². The third-order valence-corrected chi connectivity index (χ3v) is 5.80. The van der Waals surface area contributed by atoms with Gasteiger partial charge in [-0.3, -0.25) is 4.79 Å². The van der Waals surface area contributed by atoms with Gasteiger partial charge in [0.2, 0.25) is 0 Å². The van der Waals surface area contributed by atoms with Crippen LogP contribution in [0.2, 0.25) is 0 Å². The lowest BCUT2D eigenvalue weighted by Crippen LogP contribution is -2.65. The number of hydrogen-bond acceptors (Lipinski definition) is 6. The van der Waals surface area contributed by atoms with Gasteiger partial charge in [-0.25, -0.2) is 4.79 Å². The maximum absolute atomic E-state index is 13.1. The molecule has 2 aromatic rings. The Morgan fingerprint density at radius 2 is 1.71 bits per heavy atom. The third kappa shape index (κ3) is 3.94. The lowest BCUT2D eigenvalue weighted by Gasteiger charge is -2.41. The van der Waals surface area contributed by atoms with Crippen LogP contribution in [0.15, 0.2) is 66.7 Å². The number of rotatable bonds is 8. The van der Waals surface area contributed by atoms with E-state index in [1.807, 2.05) is 30.3 Å². The lowest BCUT2D eigenvalue weighted by molar-refractivity contribution is -0.176. The molecule has 1 unspecified atom stereocenters. The highest BCUT2D eigenvalue weighted by Gasteiger charge is 2.67. The largest absolute Gasteiger partial charge is 0.497 e. The zero-order chi connectivity index (χ0) is 22.6. The van der Waals surface area contributed by atoms with E-state index >= 15 is 0 Å². The van der Waals surface area contributed by atoms with Crippen LogP contribution in [0.25, 0.3) is 0 Å². The highest BCUT2D eigenvalue weighted by atomic mass is 16.5. The minimum Gasteiger partial charge on any atom is -0.497 e. The summed E-state index contributed by atoms with van der Waals surface area (Å²) in [5.41, 5.74) is -2.12. The molecule has 2 aromatic carbocycles. The van der Waals surface area contributed by atoms with Crippen molar-refractivity contribution in [2.24, 2.45) is 0 Å². The van der Waals surface area contributed by atoms with Gasteiger partial charge < -0.3 is 24.2 Å². The summed E-state index contributed by atoms with van der Waals surface area (Å²) in [7, 11) is 2.78. The van der Waals surface area contributed by atoms with Gasteiger partial charge in [-0.05, 0) is 30.2 Å². The predicted molar refractivity (Wildman–Crippen MR) is 114 cm³/mol. The first-order chi connectivity index (χ1) is 14.8. The summed E-state index contributed by atoms with van der Waals surface area (Å²) in [5, 5.41) is 11.3. The molecule has 1 N–H and O–H groups in total. The van der Waals surface area contributed by atoms with Crippen molar-refractivity contribution in [3.8, 4) is 5.75 Å². The number of nitrogens with zero attached hydrogens (tertiary/aromatic N) is 1. The fourth-order valence-electron chi connectivity index (χ4n) is 3.82. The number of benzene rings is 2. The van der Waals surface area contributed by atoms with Crippen LogP contribution in [0.5, 0.6) is 5.75 Å². The first kappa shape index (κ1) is 22.5. The molecule has 7 heteroatoms. The number of likely N-dealkylation sites (tertiary alicyclic amines) is 1. The highest BCUT2D eigenvalue weighted by Crippen LogP contribution is 2.44. The van der Waals surface area contributed by atoms with Crippen LogP contribution in [0.3, 0.4) is 0 Å². The summed E-state index contributed by atoms with van der Waals surface area (Å²) >= 11 is 0. The van der Waals surface area contributed by atoms with Crippen LogP contribution in [0.1, 0.15) is 18.1 Å². The van der Waals surface area contributed by atoms with E-state index in [2.05, 4.69) is 6.58 Å². The molecular formula is C24H27NO6. The standard InChI is InChI=1S/C24H27NO6/c1-17-21(26)25(14-18-10-12-20(29-3)13-11-18)24(22(27)30-4,23(17,2)28)16-31-15-19-8-6-5-7-9-19/h5-13,28H,1,14-16H2,2-4H3/t23-,24?/m1/s1. The lowest BCUT2D eigenvalue weighted by atomic mass is 9.80. The number of amides is 1. The first-order valence-electron chi connectivity index (χ1n) is 9.84. The molecule has 3 rings (SSSR count). The van der Waals surface area contributed by atoms with Crippen molar-refractivity contribution >= 4 is 11.9 Å². The van der Waals surface area contributed by atoms with Gasteiger partial charge in [0.25, 0.3) is 5.91 Å². The molecule has 1 aliphatic heterocycles. The number of aliphatic hydroxyl groups is 1. The van der Waals surface area contributed by atoms with Crippen molar-refractivity contribution in [2.45, 2.75) is 31.2 Å². The van der Waals surface area contributed by atoms with Crippen molar-refractivity contribution < 1.29 is 28.9 Å². The van der Waals surface area contributed by atoms with Gasteiger partial charge in [-0.1, -0.05) is 49.0 Å². The molecule has 0 aliphatic carbocycles. The normalized spacial score (nSPS) is 23.2. The van der Waals surface area contributed by atoms with Crippen LogP contribution >= 0.6 is 0 Å². The monoisotopic (exact) mass is 425 g/mol. The molecule has 0 bridgehead atoms. The summed E-state index contributed by atoms with van der Waals surface area (Å²) in [5.74, 6) is -0.640. The average Bonchev–Trinajstić information content (AvgIpc) is 2.93. The number of hydrogen-bond donors (Lipinski definition) is 1. The Labute approximate surface area is 181 Å². The SMILES string of the molecule is C=C1C(=O)N(Cc2ccc(OC)cc2)C(COCc2ccccc2)(C(=O)OC)[C@]1(C)O. The van der Waals surface area contributed by atoms with E-state index in [4.69, 9.17) is 14.2 Å². The molecule has 31 heavy (non-hydrogen) atoms. The quantitative estimate of drug-likeness (QED) is 0.517. The number of methoxy groups -OCH3 is 2. The Morgan fingerprint density at radius 3 is 2.29 bits per heavy atom. The van der Waals surface area contributed by atoms with Crippen molar-refractivity contribution in [1.29, 1.82) is 0 Å². The van der Waals surface area contributed by atoms with E-state index < -0.39 is 23.0 Å². The Morgan fingerprint density at radius 1 is 1.06 bits per heavy atom. The molecule has 0 spiro atoms. The molecule has 0 saturated carbocycles. The maximum atomic E-state index is 13.1. The zero-order valence-corrected chi connectivity index (χ0v) is 18.0. The number of esters is 1. The molecule has 1 fully saturated rings. The summed E-state index contributed by atoms with van der Waals surface area (Å²) in [6, 6.07) is 16.5. The minimum atomic E-state index is -1.89. The second kappa shape index (κ2) is 8.91. The molecule has 2 atom stereocenters. The smallest absolute Gasteiger partial charge is 0.337 e. The van der Waals surface area contributed by atoms with Gasteiger partial charge >= 0.3 is 5.97 Å². The molecular weight excluding hydrogens is 398 g/mol. The average molecular weight is 425 g/mol. The fourth-order valence-corrected chi connectivity index (χ4v) is 3.82. The Balaban J connectivity index is 1.96. The van der Waals surface area contributed by atoms with E-state index in [0.29, 0.717) is 5.75 Å². The second-order valence-electron chi connectivity index (χ2n) is 7.62. The predicted octanol–water partition coefficient (Wildman–Crippen LogP) is 2.47. The van der Waals surface area contributed by atoms with Crippen LogP contribution in [0, 0.1) is 0 Å². The topological polar surface area (TPSA) is 85.3 Å². The zero-order valence-electron chi connectivity index (χ0n) is 18.0. The first-order valence-corrected chi connectivity index (χ1v) is 9.84. The Kier molecular flexibility index (Phi) is 6.48. The maximum Gasteiger partial charge on any atom is 0.337 e. The molecule has 1 saturated heterocycles. The van der Waals surface area contributed by atoms with Crippen LogP contribution < -0.4 is 4.74 Å². The summed E-state index contributed by atoms with van der Waals surface area (Å²) in [6.07, 6.45) is 0. The van der Waals surface area contributed by atoms with E-state index in [-0.39, 0.29) is 25.3 Å². The van der Waals surface area contributed by atoms with Gasteiger partial charge in [0.1, 0.15) is 11.4 Å². The van der Waals surface area contributed by atoms with Crippen LogP contribution in [-0.2, 0) is 32.2 Å². The number of carbonyl (C=O) groups is 2. The summed E-state index contributed by atoms with van der Waals surface area (Å²) < 4.78 is 16.1. The van der Waals surface area contributed by atoms with Gasteiger partial charge in [-0.2, -0.15) is 0 Å². The van der Waals surface area contributed by atoms with Crippen molar-refractivity contribution in [3.05, 3.63) is 77.9 Å². The molecule has 164 valence electrons. The molecule has 1 aliphatic rings. The van der Waals surface area contributed by atoms with Crippen LogP contribution in [0.4, 0.5) is 0 Å². The van der Waals surface area contributed by atoms with Crippen molar-refractivity contribution in [2.75, 3.05) is 20.8 Å². The molecule has 0 radical (unpaired) electrons. The van der Waals surface area contributed by atoms with Crippen molar-refractivity contribution in [3.63, 3.8) is 0 Å². The van der Waals surface area contributed by atoms with E-state index in [0.717, 1.165) is 11.1 Å². The molecule has 0 aromatic heterocycles. The fraction of sp³-hybridized carbons (Fsp3) is 0.333. The molecule has 1 amide bonds. The van der Waals surface area contributed by atoms with E-state index in [1.54, 1.807) is 31.4 Å². The van der Waals surface area contributed by atoms with E-state index in [9.17, 15) is 14.7 Å². The van der Waals surface area contributed by atoms with Gasteiger partial charge in [0.15, 0.2) is 5.54 Å². The number of ether oxygens (including phenoxy) is 3. The summed E-state index contributed by atoms with van der Waals surface area (Å²) in [4.78, 5) is 27.5. The van der Waals surface area contributed by atoms with Gasteiger partial charge in [0, 0.05) is 12.1 Å². The highest BCUT2D eigenvalue weighted by molar-refractivity contribution is 6.05. The van der Waals surface area contributed by atoms with Crippen molar-refractivity contribution in [1.82, 2.24) is 4.90 Å². The second-order valence-corrected chi connectivity index (χ2v) is 7.62. The third-order valence-electron chi connectivity index (χ3n) is 5.80.